The number of rotatable bonds is 15. The zero-order chi connectivity index (χ0) is 32.5. The number of nitrogens with one attached hydrogen (secondary N) is 5. The van der Waals surface area contributed by atoms with E-state index < -0.39 is 6.04 Å². The highest BCUT2D eigenvalue weighted by Crippen LogP contribution is 2.31. The summed E-state index contributed by atoms with van der Waals surface area (Å²) in [5, 5.41) is 10.8. The third-order valence-electron chi connectivity index (χ3n) is 8.54. The van der Waals surface area contributed by atoms with E-state index in [1.165, 1.54) is 0 Å². The van der Waals surface area contributed by atoms with Crippen molar-refractivity contribution < 1.29 is 19.1 Å². The van der Waals surface area contributed by atoms with Crippen LogP contribution in [0.25, 0.3) is 33.1 Å². The lowest BCUT2D eigenvalue weighted by atomic mass is 10.0. The highest BCUT2D eigenvalue weighted by molar-refractivity contribution is 5.94. The van der Waals surface area contributed by atoms with Gasteiger partial charge < -0.3 is 30.7 Å². The highest BCUT2D eigenvalue weighted by Gasteiger charge is 2.22. The van der Waals surface area contributed by atoms with E-state index in [1.807, 2.05) is 55.5 Å². The Morgan fingerprint density at radius 3 is 2.37 bits per heavy atom. The summed E-state index contributed by atoms with van der Waals surface area (Å²) < 4.78 is 5.40. The van der Waals surface area contributed by atoms with Gasteiger partial charge in [-0.15, -0.1) is 0 Å². The molecule has 9 nitrogen and oxygen atoms in total. The number of hydrogen-bond acceptors (Lipinski definition) is 4. The van der Waals surface area contributed by atoms with Crippen molar-refractivity contribution in [1.29, 1.82) is 0 Å². The minimum absolute atomic E-state index is 0.000443. The van der Waals surface area contributed by atoms with E-state index in [2.05, 4.69) is 50.2 Å². The first kappa shape index (κ1) is 32.3. The predicted octanol–water partition coefficient (Wildman–Crippen LogP) is 5.72. The summed E-state index contributed by atoms with van der Waals surface area (Å²) >= 11 is 0. The number of ether oxygens (including phenoxy) is 1. The van der Waals surface area contributed by atoms with Gasteiger partial charge in [0.1, 0.15) is 11.8 Å². The predicted molar refractivity (Wildman–Crippen MR) is 183 cm³/mol. The van der Waals surface area contributed by atoms with Gasteiger partial charge in [-0.2, -0.15) is 0 Å². The van der Waals surface area contributed by atoms with Crippen LogP contribution in [0.1, 0.15) is 48.9 Å². The molecule has 3 aromatic carbocycles. The summed E-state index contributed by atoms with van der Waals surface area (Å²) in [4.78, 5) is 45.5. The largest absolute Gasteiger partial charge is 0.497 e. The van der Waals surface area contributed by atoms with Gasteiger partial charge in [-0.25, -0.2) is 0 Å². The van der Waals surface area contributed by atoms with E-state index in [9.17, 15) is 14.4 Å². The molecular weight excluding hydrogens is 578 g/mol. The number of carbonyl (C=O) groups excluding carboxylic acids is 3. The molecule has 240 valence electrons. The molecule has 3 amide bonds. The molecule has 5 aromatic rings. The first-order valence-electron chi connectivity index (χ1n) is 16.0. The van der Waals surface area contributed by atoms with Crippen LogP contribution in [-0.2, 0) is 27.2 Å². The highest BCUT2D eigenvalue weighted by atomic mass is 16.5. The Balaban J connectivity index is 1.27. The zero-order valence-electron chi connectivity index (χ0n) is 26.8. The van der Waals surface area contributed by atoms with E-state index in [4.69, 9.17) is 4.74 Å². The molecule has 0 fully saturated rings. The lowest BCUT2D eigenvalue weighted by molar-refractivity contribution is -0.128. The van der Waals surface area contributed by atoms with Crippen molar-refractivity contribution >= 4 is 39.5 Å². The van der Waals surface area contributed by atoms with Crippen molar-refractivity contribution in [2.24, 2.45) is 0 Å². The van der Waals surface area contributed by atoms with Crippen LogP contribution >= 0.6 is 0 Å². The van der Waals surface area contributed by atoms with Crippen LogP contribution in [0.15, 0.2) is 72.8 Å². The number of aryl methyl sites for hydroxylation is 1. The smallest absolute Gasteiger partial charge is 0.242 e. The fourth-order valence-corrected chi connectivity index (χ4v) is 6.07. The number of aromatic amines is 2. The van der Waals surface area contributed by atoms with Crippen LogP contribution in [-0.4, -0.2) is 54.4 Å². The van der Waals surface area contributed by atoms with E-state index in [-0.39, 0.29) is 24.1 Å². The molecule has 46 heavy (non-hydrogen) atoms. The summed E-state index contributed by atoms with van der Waals surface area (Å²) in [6, 6.07) is 23.4. The average Bonchev–Trinajstić information content (AvgIpc) is 3.60. The first-order valence-corrected chi connectivity index (χ1v) is 16.0. The van der Waals surface area contributed by atoms with Crippen molar-refractivity contribution in [3.05, 3.63) is 89.6 Å². The number of hydrogen-bond donors (Lipinski definition) is 5. The molecule has 1 atom stereocenters. The zero-order valence-corrected chi connectivity index (χ0v) is 26.8. The second kappa shape index (κ2) is 15.3. The lowest BCUT2D eigenvalue weighted by Gasteiger charge is -2.19. The molecule has 0 aliphatic carbocycles. The van der Waals surface area contributed by atoms with Crippen LogP contribution in [0, 0.1) is 6.92 Å². The summed E-state index contributed by atoms with van der Waals surface area (Å²) in [7, 11) is 3.24. The topological polar surface area (TPSA) is 128 Å². The number of aromatic nitrogens is 2. The van der Waals surface area contributed by atoms with E-state index in [0.717, 1.165) is 62.7 Å². The van der Waals surface area contributed by atoms with Crippen LogP contribution < -0.4 is 20.7 Å². The van der Waals surface area contributed by atoms with Gasteiger partial charge in [-0.1, -0.05) is 61.4 Å². The molecule has 2 heterocycles. The number of fused-ring (bicyclic) bond motifs is 2. The first-order chi connectivity index (χ1) is 22.4. The van der Waals surface area contributed by atoms with Crippen molar-refractivity contribution in [2.75, 3.05) is 20.7 Å². The van der Waals surface area contributed by atoms with Gasteiger partial charge in [0.25, 0.3) is 0 Å². The molecule has 0 saturated carbocycles. The van der Waals surface area contributed by atoms with Gasteiger partial charge in [0.05, 0.1) is 13.5 Å². The lowest BCUT2D eigenvalue weighted by Crippen LogP contribution is -2.47. The van der Waals surface area contributed by atoms with Gasteiger partial charge in [0.2, 0.25) is 17.7 Å². The van der Waals surface area contributed by atoms with E-state index >= 15 is 0 Å². The van der Waals surface area contributed by atoms with E-state index in [1.54, 1.807) is 14.2 Å². The van der Waals surface area contributed by atoms with Gasteiger partial charge >= 0.3 is 0 Å². The summed E-state index contributed by atoms with van der Waals surface area (Å²) in [6.45, 7) is 2.37. The Kier molecular flexibility index (Phi) is 10.8. The standard InChI is InChI=1S/C37H43N5O4/c1-24-29(30-22-26(46-3)18-19-32(30)40-24)23-35(44)41-33(16-8-5-9-17-34(43)38-2)37(45)39-21-20-28-27-14-10-11-15-31(27)42-36(28)25-12-6-4-7-13-25/h4,6-7,10-15,18-19,22,33,40,42H,5,8-9,16-17,20-21,23H2,1-3H3,(H,38,43)(H,39,45)(H,41,44)/t33-/m0/s1. The molecule has 0 saturated heterocycles. The molecule has 0 spiro atoms. The Bertz CT molecular complexity index is 1810. The van der Waals surface area contributed by atoms with Gasteiger partial charge in [-0.05, 0) is 67.1 Å². The number of methoxy groups -OCH3 is 1. The average molecular weight is 622 g/mol. The molecule has 5 rings (SSSR count). The fourth-order valence-electron chi connectivity index (χ4n) is 6.07. The quantitative estimate of drug-likeness (QED) is 0.0959. The minimum atomic E-state index is -0.691. The van der Waals surface area contributed by atoms with Crippen LogP contribution in [0.3, 0.4) is 0 Å². The van der Waals surface area contributed by atoms with E-state index in [0.29, 0.717) is 38.0 Å². The van der Waals surface area contributed by atoms with Crippen molar-refractivity contribution in [3.63, 3.8) is 0 Å². The SMILES string of the molecule is CNC(=O)CCCCC[C@H](NC(=O)Cc1c(C)[nH]c2ccc(OC)cc12)C(=O)NCCc1c(-c2ccccc2)[nH]c2ccccc12. The Hall–Kier alpha value is -5.05. The molecule has 9 heteroatoms. The number of H-pyrrole nitrogens is 2. The third kappa shape index (κ3) is 7.77. The molecule has 0 aliphatic rings. The van der Waals surface area contributed by atoms with Gasteiger partial charge in [-0.3, -0.25) is 14.4 Å². The van der Waals surface area contributed by atoms with Crippen LogP contribution in [0.5, 0.6) is 5.75 Å². The van der Waals surface area contributed by atoms with Gasteiger partial charge in [0, 0.05) is 53.2 Å². The minimum Gasteiger partial charge on any atom is -0.497 e. The molecule has 0 bridgehead atoms. The maximum atomic E-state index is 13.6. The number of amides is 3. The maximum Gasteiger partial charge on any atom is 0.242 e. The van der Waals surface area contributed by atoms with Crippen LogP contribution in [0.2, 0.25) is 0 Å². The normalized spacial score (nSPS) is 11.8. The summed E-state index contributed by atoms with van der Waals surface area (Å²) in [5.41, 5.74) is 7.04. The molecule has 0 aliphatic heterocycles. The van der Waals surface area contributed by atoms with Gasteiger partial charge in [0.15, 0.2) is 0 Å². The maximum absolute atomic E-state index is 13.6. The van der Waals surface area contributed by atoms with Crippen LogP contribution in [0.4, 0.5) is 0 Å². The molecular formula is C37H43N5O4. The Morgan fingerprint density at radius 2 is 1.59 bits per heavy atom. The third-order valence-corrected chi connectivity index (χ3v) is 8.54. The Labute approximate surface area is 269 Å². The number of unbranched alkanes of at least 4 members (excludes halogenated alkanes) is 2. The summed E-state index contributed by atoms with van der Waals surface area (Å²) in [6.07, 6.45) is 3.90. The molecule has 0 unspecified atom stereocenters. The van der Waals surface area contributed by atoms with Crippen molar-refractivity contribution in [2.45, 2.75) is 57.9 Å². The summed E-state index contributed by atoms with van der Waals surface area (Å²) in [5.74, 6) is 0.284. The monoisotopic (exact) mass is 621 g/mol. The molecule has 0 radical (unpaired) electrons. The number of para-hydroxylation sites is 1. The number of carbonyl (C=O) groups is 3. The Morgan fingerprint density at radius 1 is 0.826 bits per heavy atom. The second-order valence-corrected chi connectivity index (χ2v) is 11.6. The number of benzene rings is 3. The van der Waals surface area contributed by atoms with Crippen molar-refractivity contribution in [1.82, 2.24) is 25.9 Å². The second-order valence-electron chi connectivity index (χ2n) is 11.6. The van der Waals surface area contributed by atoms with Crippen molar-refractivity contribution in [3.8, 4) is 17.0 Å². The fraction of sp³-hybridized carbons (Fsp3) is 0.324. The molecule has 2 aromatic heterocycles. The molecule has 5 N–H and O–H groups in total.